The van der Waals surface area contributed by atoms with E-state index in [1.807, 2.05) is 62.1 Å². The predicted molar refractivity (Wildman–Crippen MR) is 88.9 cm³/mol. The van der Waals surface area contributed by atoms with E-state index in [0.29, 0.717) is 5.56 Å². The van der Waals surface area contributed by atoms with Crippen LogP contribution in [0, 0.1) is 0 Å². The van der Waals surface area contributed by atoms with Gasteiger partial charge in [-0.3, -0.25) is 4.99 Å². The zero-order valence-electron chi connectivity index (χ0n) is 12.5. The van der Waals surface area contributed by atoms with Crippen molar-refractivity contribution in [3.05, 3.63) is 65.7 Å². The summed E-state index contributed by atoms with van der Waals surface area (Å²) in [5.74, 6) is -0.257. The molecule has 0 fully saturated rings. The molecule has 0 bridgehead atoms. The third-order valence-corrected chi connectivity index (χ3v) is 3.46. The normalized spacial score (nSPS) is 11.6. The molecule has 0 saturated heterocycles. The lowest BCUT2D eigenvalue weighted by Gasteiger charge is -2.17. The van der Waals surface area contributed by atoms with Crippen molar-refractivity contribution in [3.8, 4) is 0 Å². The van der Waals surface area contributed by atoms with Crippen LogP contribution in [0.5, 0.6) is 0 Å². The van der Waals surface area contributed by atoms with Crippen molar-refractivity contribution in [2.24, 2.45) is 4.99 Å². The van der Waals surface area contributed by atoms with Crippen LogP contribution in [0.4, 0.5) is 5.69 Å². The molecule has 3 nitrogen and oxygen atoms in total. The predicted octanol–water partition coefficient (Wildman–Crippen LogP) is 4.43. The molecule has 0 saturated carbocycles. The summed E-state index contributed by atoms with van der Waals surface area (Å²) in [4.78, 5) is 16.3. The highest BCUT2D eigenvalue weighted by Crippen LogP contribution is 2.15. The van der Waals surface area contributed by atoms with Gasteiger partial charge in [0.25, 0.3) is 0 Å². The van der Waals surface area contributed by atoms with Gasteiger partial charge in [-0.05, 0) is 49.5 Å². The van der Waals surface area contributed by atoms with Gasteiger partial charge in [0.2, 0.25) is 8.32 Å². The fraction of sp³-hybridized carbons (Fsp3) is 0.176. The first-order chi connectivity index (χ1) is 9.94. The summed E-state index contributed by atoms with van der Waals surface area (Å²) in [7, 11) is -1.86. The zero-order valence-corrected chi connectivity index (χ0v) is 13.5. The molecule has 2 aromatic carbocycles. The van der Waals surface area contributed by atoms with E-state index in [-0.39, 0.29) is 5.97 Å². The Balaban J connectivity index is 2.06. The maximum atomic E-state index is 11.9. The van der Waals surface area contributed by atoms with Crippen LogP contribution in [0.25, 0.3) is 0 Å². The van der Waals surface area contributed by atoms with Gasteiger partial charge < -0.3 is 4.43 Å². The van der Waals surface area contributed by atoms with Gasteiger partial charge in [0.1, 0.15) is 0 Å². The highest BCUT2D eigenvalue weighted by Gasteiger charge is 2.20. The van der Waals surface area contributed by atoms with Crippen LogP contribution in [0.2, 0.25) is 19.6 Å². The van der Waals surface area contributed by atoms with E-state index in [9.17, 15) is 4.79 Å². The molecule has 0 aliphatic heterocycles. The Kier molecular flexibility index (Phi) is 4.70. The number of carbonyl (C=O) groups is 1. The van der Waals surface area contributed by atoms with Crippen LogP contribution in [0.1, 0.15) is 15.9 Å². The van der Waals surface area contributed by atoms with Crippen LogP contribution in [-0.4, -0.2) is 20.5 Å². The minimum absolute atomic E-state index is 0.257. The standard InChI is InChI=1S/C17H19NO2Si/c1-21(2,3)20-17(19)15-9-11-16(12-10-15)18-13-14-7-5-4-6-8-14/h4-13H,1-3H3. The van der Waals surface area contributed by atoms with Gasteiger partial charge in [-0.2, -0.15) is 0 Å². The molecule has 0 radical (unpaired) electrons. The van der Waals surface area contributed by atoms with Gasteiger partial charge in [0, 0.05) is 6.21 Å². The molecule has 0 aromatic heterocycles. The molecule has 0 spiro atoms. The van der Waals surface area contributed by atoms with Crippen LogP contribution in [0.15, 0.2) is 59.6 Å². The second kappa shape index (κ2) is 6.50. The Bertz CT molecular complexity index is 628. The number of nitrogens with zero attached hydrogens (tertiary/aromatic N) is 1. The van der Waals surface area contributed by atoms with E-state index < -0.39 is 8.32 Å². The summed E-state index contributed by atoms with van der Waals surface area (Å²) in [5, 5.41) is 0. The number of aliphatic imine (C=N–C) groups is 1. The van der Waals surface area contributed by atoms with Gasteiger partial charge >= 0.3 is 5.97 Å². The number of benzene rings is 2. The highest BCUT2D eigenvalue weighted by atomic mass is 28.4. The Morgan fingerprint density at radius 2 is 1.62 bits per heavy atom. The first-order valence-electron chi connectivity index (χ1n) is 6.86. The first kappa shape index (κ1) is 15.2. The van der Waals surface area contributed by atoms with Crippen molar-refractivity contribution in [1.29, 1.82) is 0 Å². The maximum absolute atomic E-state index is 11.9. The van der Waals surface area contributed by atoms with Crippen molar-refractivity contribution < 1.29 is 9.22 Å². The van der Waals surface area contributed by atoms with Crippen LogP contribution < -0.4 is 0 Å². The van der Waals surface area contributed by atoms with E-state index in [1.54, 1.807) is 18.3 Å². The second-order valence-corrected chi connectivity index (χ2v) is 10.1. The Morgan fingerprint density at radius 1 is 1.00 bits per heavy atom. The van der Waals surface area contributed by atoms with Crippen LogP contribution >= 0.6 is 0 Å². The van der Waals surface area contributed by atoms with Gasteiger partial charge in [-0.1, -0.05) is 30.3 Å². The van der Waals surface area contributed by atoms with E-state index in [1.165, 1.54) is 0 Å². The number of hydrogen-bond donors (Lipinski definition) is 0. The minimum atomic E-state index is -1.86. The van der Waals surface area contributed by atoms with Gasteiger partial charge in [-0.15, -0.1) is 0 Å². The molecule has 0 aliphatic rings. The fourth-order valence-electron chi connectivity index (χ4n) is 1.71. The largest absolute Gasteiger partial charge is 0.516 e. The number of carbonyl (C=O) groups excluding carboxylic acids is 1. The van der Waals surface area contributed by atoms with E-state index >= 15 is 0 Å². The lowest BCUT2D eigenvalue weighted by atomic mass is 10.2. The summed E-state index contributed by atoms with van der Waals surface area (Å²) in [6.07, 6.45) is 1.80. The summed E-state index contributed by atoms with van der Waals surface area (Å²) in [6.45, 7) is 5.97. The van der Waals surface area contributed by atoms with Crippen LogP contribution in [0.3, 0.4) is 0 Å². The molecule has 0 heterocycles. The van der Waals surface area contributed by atoms with Gasteiger partial charge in [0.15, 0.2) is 0 Å². The molecule has 108 valence electrons. The quantitative estimate of drug-likeness (QED) is 0.618. The van der Waals surface area contributed by atoms with Crippen molar-refractivity contribution in [3.63, 3.8) is 0 Å². The summed E-state index contributed by atoms with van der Waals surface area (Å²) in [6, 6.07) is 17.0. The molecule has 4 heteroatoms. The zero-order chi connectivity index (χ0) is 15.3. The lowest BCUT2D eigenvalue weighted by molar-refractivity contribution is 0.0724. The van der Waals surface area contributed by atoms with Crippen molar-refractivity contribution in [2.45, 2.75) is 19.6 Å². The molecular weight excluding hydrogens is 278 g/mol. The molecule has 0 N–H and O–H groups in total. The topological polar surface area (TPSA) is 38.7 Å². The molecule has 0 unspecified atom stereocenters. The smallest absolute Gasteiger partial charge is 0.324 e. The third-order valence-electron chi connectivity index (χ3n) is 2.66. The Hall–Kier alpha value is -2.20. The summed E-state index contributed by atoms with van der Waals surface area (Å²) >= 11 is 0. The van der Waals surface area contributed by atoms with E-state index in [4.69, 9.17) is 4.43 Å². The first-order valence-corrected chi connectivity index (χ1v) is 10.3. The molecule has 0 amide bonds. The van der Waals surface area contributed by atoms with Gasteiger partial charge in [0.05, 0.1) is 11.3 Å². The third kappa shape index (κ3) is 5.00. The minimum Gasteiger partial charge on any atom is -0.516 e. The van der Waals surface area contributed by atoms with Crippen molar-refractivity contribution in [1.82, 2.24) is 0 Å². The Labute approximate surface area is 126 Å². The van der Waals surface area contributed by atoms with Crippen molar-refractivity contribution in [2.75, 3.05) is 0 Å². The fourth-order valence-corrected chi connectivity index (χ4v) is 2.38. The maximum Gasteiger partial charge on any atom is 0.324 e. The lowest BCUT2D eigenvalue weighted by Crippen LogP contribution is -2.29. The second-order valence-electron chi connectivity index (χ2n) is 5.72. The average Bonchev–Trinajstić information content (AvgIpc) is 2.45. The number of hydrogen-bond acceptors (Lipinski definition) is 3. The van der Waals surface area contributed by atoms with Crippen LogP contribution in [-0.2, 0) is 4.43 Å². The molecule has 2 rings (SSSR count). The molecule has 21 heavy (non-hydrogen) atoms. The molecule has 0 atom stereocenters. The SMILES string of the molecule is C[Si](C)(C)OC(=O)c1ccc(N=Cc2ccccc2)cc1. The Morgan fingerprint density at radius 3 is 2.19 bits per heavy atom. The van der Waals surface area contributed by atoms with Crippen molar-refractivity contribution >= 4 is 26.2 Å². The van der Waals surface area contributed by atoms with Gasteiger partial charge in [-0.25, -0.2) is 4.79 Å². The van der Waals surface area contributed by atoms with E-state index in [0.717, 1.165) is 11.3 Å². The summed E-state index contributed by atoms with van der Waals surface area (Å²) < 4.78 is 5.45. The molecular formula is C17H19NO2Si. The monoisotopic (exact) mass is 297 g/mol. The average molecular weight is 297 g/mol. The molecule has 0 aliphatic carbocycles. The number of rotatable bonds is 4. The highest BCUT2D eigenvalue weighted by molar-refractivity contribution is 6.71. The summed E-state index contributed by atoms with van der Waals surface area (Å²) in [5.41, 5.74) is 2.42. The molecule has 2 aromatic rings. The van der Waals surface area contributed by atoms with E-state index in [2.05, 4.69) is 4.99 Å².